The van der Waals surface area contributed by atoms with Crippen molar-refractivity contribution < 1.29 is 31.1 Å². The molecule has 0 saturated heterocycles. The van der Waals surface area contributed by atoms with E-state index in [-0.39, 0.29) is 21.1 Å². The Bertz CT molecular complexity index is 70.6. The van der Waals surface area contributed by atoms with Gasteiger partial charge in [-0.15, -0.1) is 0 Å². The third-order valence-electron chi connectivity index (χ3n) is 0. The van der Waals surface area contributed by atoms with Gasteiger partial charge in [0.25, 0.3) is 0 Å². The minimum atomic E-state index is -1.00. The van der Waals surface area contributed by atoms with Gasteiger partial charge in [0, 0.05) is 21.1 Å². The molecule has 0 spiro atoms. The molecule has 0 aliphatic rings. The standard InChI is InChI=1S/2H2N2O2.Pt/c2*1-2(3)4;/h2*1H2;. The van der Waals surface area contributed by atoms with Crippen LogP contribution in [-0.2, 0) is 21.1 Å². The predicted molar refractivity (Wildman–Crippen MR) is 22.4 cm³/mol. The van der Waals surface area contributed by atoms with Gasteiger partial charge >= 0.3 is 0 Å². The number of hydrazine groups is 2. The molecule has 58 valence electrons. The van der Waals surface area contributed by atoms with Crippen LogP contribution in [0.5, 0.6) is 0 Å². The summed E-state index contributed by atoms with van der Waals surface area (Å²) < 4.78 is 0. The summed E-state index contributed by atoms with van der Waals surface area (Å²) in [6, 6.07) is 0. The zero-order chi connectivity index (χ0) is 7.15. The fraction of sp³-hybridized carbons (Fsp3) is 0. The van der Waals surface area contributed by atoms with E-state index in [4.69, 9.17) is 20.2 Å². The Morgan fingerprint density at radius 1 is 1.00 bits per heavy atom. The maximum Gasteiger partial charge on any atom is 0.154 e. The summed E-state index contributed by atoms with van der Waals surface area (Å²) in [5.74, 6) is 7.67. The number of hydrogen-bond donors (Lipinski definition) is 2. The fourth-order valence-corrected chi connectivity index (χ4v) is 0. The van der Waals surface area contributed by atoms with E-state index in [0.29, 0.717) is 0 Å². The summed E-state index contributed by atoms with van der Waals surface area (Å²) in [5.41, 5.74) is 0. The van der Waals surface area contributed by atoms with Crippen molar-refractivity contribution in [2.24, 2.45) is 11.7 Å². The van der Waals surface area contributed by atoms with Crippen LogP contribution in [0.4, 0.5) is 0 Å². The second kappa shape index (κ2) is 10.1. The van der Waals surface area contributed by atoms with Gasteiger partial charge in [-0.25, -0.2) is 20.2 Å². The molecule has 0 amide bonds. The Labute approximate surface area is 63.7 Å². The van der Waals surface area contributed by atoms with E-state index in [2.05, 4.69) is 11.7 Å². The average molecular weight is 319 g/mol. The van der Waals surface area contributed by atoms with Gasteiger partial charge in [-0.05, 0) is 0 Å². The van der Waals surface area contributed by atoms with Crippen LogP contribution in [0.25, 0.3) is 0 Å². The van der Waals surface area contributed by atoms with Crippen molar-refractivity contribution >= 4 is 0 Å². The summed E-state index contributed by atoms with van der Waals surface area (Å²) in [5, 5.41) is 15.2. The average Bonchev–Trinajstić information content (AvgIpc) is 1.25. The van der Waals surface area contributed by atoms with Gasteiger partial charge in [0.2, 0.25) is 0 Å². The summed E-state index contributed by atoms with van der Waals surface area (Å²) in [4.78, 5) is 17.2. The van der Waals surface area contributed by atoms with Crippen LogP contribution in [0.15, 0.2) is 0 Å². The molecule has 0 heterocycles. The van der Waals surface area contributed by atoms with Crippen LogP contribution in [0.3, 0.4) is 0 Å². The van der Waals surface area contributed by atoms with Crippen LogP contribution in [0.1, 0.15) is 0 Å². The van der Waals surface area contributed by atoms with E-state index in [9.17, 15) is 0 Å². The maximum atomic E-state index is 8.58. The van der Waals surface area contributed by atoms with Crippen LogP contribution < -0.4 is 11.7 Å². The van der Waals surface area contributed by atoms with Gasteiger partial charge in [-0.3, -0.25) is 0 Å². The van der Waals surface area contributed by atoms with Crippen molar-refractivity contribution in [2.75, 3.05) is 0 Å². The Balaban J connectivity index is -0.0000000720. The molecule has 0 atom stereocenters. The van der Waals surface area contributed by atoms with Crippen LogP contribution in [0.2, 0.25) is 0 Å². The first-order valence-corrected chi connectivity index (χ1v) is 1.25. The molecular formula is H4N4O4Pt. The van der Waals surface area contributed by atoms with E-state index in [0.717, 1.165) is 0 Å². The van der Waals surface area contributed by atoms with Gasteiger partial charge in [-0.1, -0.05) is 0 Å². The van der Waals surface area contributed by atoms with Crippen molar-refractivity contribution in [1.29, 1.82) is 0 Å². The molecular weight excluding hydrogens is 315 g/mol. The molecule has 0 rings (SSSR count). The minimum absolute atomic E-state index is 0. The Kier molecular flexibility index (Phi) is 17.7. The first-order chi connectivity index (χ1) is 3.46. The smallest absolute Gasteiger partial charge is 0.154 e. The number of nitrogens with two attached hydrogens (primary N) is 2. The molecule has 9 heavy (non-hydrogen) atoms. The fourth-order valence-electron chi connectivity index (χ4n) is 0. The van der Waals surface area contributed by atoms with Crippen molar-refractivity contribution in [3.8, 4) is 0 Å². The molecule has 0 bridgehead atoms. The van der Waals surface area contributed by atoms with Gasteiger partial charge in [0.05, 0.1) is 0 Å². The maximum absolute atomic E-state index is 8.58. The molecule has 0 aliphatic heterocycles. The first-order valence-electron chi connectivity index (χ1n) is 1.25. The Morgan fingerprint density at radius 2 is 1.00 bits per heavy atom. The van der Waals surface area contributed by atoms with E-state index in [1.165, 1.54) is 0 Å². The molecule has 9 heteroatoms. The van der Waals surface area contributed by atoms with Crippen molar-refractivity contribution in [3.05, 3.63) is 20.2 Å². The van der Waals surface area contributed by atoms with E-state index >= 15 is 0 Å². The molecule has 0 unspecified atom stereocenters. The molecule has 0 fully saturated rings. The number of hydrogen-bond acceptors (Lipinski definition) is 4. The van der Waals surface area contributed by atoms with Crippen LogP contribution in [0, 0.1) is 20.2 Å². The molecule has 0 aromatic rings. The van der Waals surface area contributed by atoms with Gasteiger partial charge in [-0.2, -0.15) is 11.7 Å². The normalized spacial score (nSPS) is 5.33. The third-order valence-corrected chi connectivity index (χ3v) is 0. The Hall–Kier alpha value is -0.912. The molecule has 0 saturated carbocycles. The number of rotatable bonds is 0. The van der Waals surface area contributed by atoms with E-state index in [1.807, 2.05) is 0 Å². The van der Waals surface area contributed by atoms with Crippen LogP contribution in [-0.4, -0.2) is 10.1 Å². The van der Waals surface area contributed by atoms with Crippen molar-refractivity contribution in [1.82, 2.24) is 0 Å². The third kappa shape index (κ3) is 221. The monoisotopic (exact) mass is 319 g/mol. The quantitative estimate of drug-likeness (QED) is 0.309. The van der Waals surface area contributed by atoms with Gasteiger partial charge in [0.15, 0.2) is 10.1 Å². The zero-order valence-corrected chi connectivity index (χ0v) is 6.27. The van der Waals surface area contributed by atoms with Crippen molar-refractivity contribution in [3.63, 3.8) is 0 Å². The second-order valence-corrected chi connectivity index (χ2v) is 0.571. The predicted octanol–water partition coefficient (Wildman–Crippen LogP) is -1.73. The largest absolute Gasteiger partial charge is 0.235 e. The molecule has 0 aromatic carbocycles. The van der Waals surface area contributed by atoms with Crippen LogP contribution >= 0.6 is 0 Å². The van der Waals surface area contributed by atoms with Crippen molar-refractivity contribution in [2.45, 2.75) is 0 Å². The summed E-state index contributed by atoms with van der Waals surface area (Å²) >= 11 is 0. The number of nitro groups is 2. The van der Waals surface area contributed by atoms with E-state index < -0.39 is 10.1 Å². The van der Waals surface area contributed by atoms with E-state index in [1.54, 1.807) is 0 Å². The zero-order valence-electron chi connectivity index (χ0n) is 4.00. The molecule has 0 aliphatic carbocycles. The Morgan fingerprint density at radius 3 is 1.00 bits per heavy atom. The van der Waals surface area contributed by atoms with Gasteiger partial charge < -0.3 is 0 Å². The second-order valence-electron chi connectivity index (χ2n) is 0.571. The summed E-state index contributed by atoms with van der Waals surface area (Å²) in [7, 11) is 0. The molecule has 0 aromatic heterocycles. The topological polar surface area (TPSA) is 138 Å². The summed E-state index contributed by atoms with van der Waals surface area (Å²) in [6.45, 7) is 0. The molecule has 8 nitrogen and oxygen atoms in total. The molecule has 0 radical (unpaired) electrons. The molecule has 4 N–H and O–H groups in total. The number of nitrogens with zero attached hydrogens (tertiary/aromatic N) is 2. The summed E-state index contributed by atoms with van der Waals surface area (Å²) in [6.07, 6.45) is 0. The SMILES string of the molecule is N[N+](=O)[O-].N[N+](=O)[O-].[Pt]. The van der Waals surface area contributed by atoms with Gasteiger partial charge in [0.1, 0.15) is 0 Å². The minimum Gasteiger partial charge on any atom is -0.235 e. The first kappa shape index (κ1) is 15.7.